The van der Waals surface area contributed by atoms with Crippen molar-refractivity contribution in [3.05, 3.63) is 75.8 Å². The van der Waals surface area contributed by atoms with Crippen molar-refractivity contribution in [1.82, 2.24) is 14.8 Å². The van der Waals surface area contributed by atoms with E-state index < -0.39 is 12.0 Å². The first kappa shape index (κ1) is 19.4. The zero-order valence-electron chi connectivity index (χ0n) is 14.8. The monoisotopic (exact) mass is 433 g/mol. The third kappa shape index (κ3) is 4.55. The maximum Gasteiger partial charge on any atom is 0.271 e. The van der Waals surface area contributed by atoms with Crippen LogP contribution in [0, 0.1) is 5.82 Å². The molecule has 0 spiro atoms. The van der Waals surface area contributed by atoms with Gasteiger partial charge in [0, 0.05) is 16.5 Å². The Labute approximate surface area is 175 Å². The molecule has 29 heavy (non-hydrogen) atoms. The molecule has 0 aliphatic carbocycles. The molecular formula is C19H14Cl2FN5O2. The molecule has 0 saturated heterocycles. The molecular weight excluding hydrogens is 420 g/mol. The van der Waals surface area contributed by atoms with Crippen LogP contribution in [0.5, 0.6) is 0 Å². The number of benzene rings is 2. The first-order chi connectivity index (χ1) is 14.0. The fourth-order valence-corrected chi connectivity index (χ4v) is 3.24. The SMILES string of the molecule is O=C(Nc1ncn(Cc2ccc(Cl)cc2Cl)n1)C1CC(c2ccc(F)cc2)=NO1. The summed E-state index contributed by atoms with van der Waals surface area (Å²) < 4.78 is 14.6. The average molecular weight is 434 g/mol. The topological polar surface area (TPSA) is 81.4 Å². The van der Waals surface area contributed by atoms with Crippen LogP contribution < -0.4 is 5.32 Å². The lowest BCUT2D eigenvalue weighted by Crippen LogP contribution is -2.28. The van der Waals surface area contributed by atoms with Crippen molar-refractivity contribution in [2.75, 3.05) is 5.32 Å². The minimum atomic E-state index is -0.812. The molecule has 1 atom stereocenters. The Balaban J connectivity index is 1.35. The first-order valence-electron chi connectivity index (χ1n) is 8.61. The average Bonchev–Trinajstić information content (AvgIpc) is 3.34. The second-order valence-corrected chi connectivity index (χ2v) is 7.18. The molecule has 7 nitrogen and oxygen atoms in total. The van der Waals surface area contributed by atoms with Crippen LogP contribution >= 0.6 is 23.2 Å². The van der Waals surface area contributed by atoms with Crippen molar-refractivity contribution < 1.29 is 14.0 Å². The largest absolute Gasteiger partial charge is 0.382 e. The molecule has 0 saturated carbocycles. The van der Waals surface area contributed by atoms with Gasteiger partial charge in [-0.15, -0.1) is 5.10 Å². The summed E-state index contributed by atoms with van der Waals surface area (Å²) in [5.41, 5.74) is 2.08. The van der Waals surface area contributed by atoms with Crippen LogP contribution in [-0.4, -0.2) is 32.5 Å². The van der Waals surface area contributed by atoms with Crippen LogP contribution in [0.4, 0.5) is 10.3 Å². The Bertz CT molecular complexity index is 1080. The minimum absolute atomic E-state index is 0.138. The summed E-state index contributed by atoms with van der Waals surface area (Å²) in [5, 5.41) is 11.8. The summed E-state index contributed by atoms with van der Waals surface area (Å²) in [6.07, 6.45) is 0.933. The van der Waals surface area contributed by atoms with Crippen molar-refractivity contribution in [3.63, 3.8) is 0 Å². The molecule has 1 N–H and O–H groups in total. The third-order valence-electron chi connectivity index (χ3n) is 4.26. The number of halogens is 3. The van der Waals surface area contributed by atoms with Crippen molar-refractivity contribution in [3.8, 4) is 0 Å². The number of hydrogen-bond acceptors (Lipinski definition) is 5. The van der Waals surface area contributed by atoms with E-state index in [1.807, 2.05) is 0 Å². The molecule has 10 heteroatoms. The highest BCUT2D eigenvalue weighted by atomic mass is 35.5. The van der Waals surface area contributed by atoms with Crippen LogP contribution in [0.25, 0.3) is 0 Å². The van der Waals surface area contributed by atoms with Crippen LogP contribution in [0.3, 0.4) is 0 Å². The number of carbonyl (C=O) groups is 1. The van der Waals surface area contributed by atoms with Gasteiger partial charge in [0.1, 0.15) is 12.1 Å². The fourth-order valence-electron chi connectivity index (χ4n) is 2.77. The van der Waals surface area contributed by atoms with Gasteiger partial charge < -0.3 is 4.84 Å². The third-order valence-corrected chi connectivity index (χ3v) is 4.84. The molecule has 0 fully saturated rings. The number of carbonyl (C=O) groups excluding carboxylic acids is 1. The second kappa shape index (κ2) is 8.18. The van der Waals surface area contributed by atoms with Crippen molar-refractivity contribution in [1.29, 1.82) is 0 Å². The van der Waals surface area contributed by atoms with E-state index in [0.717, 1.165) is 5.56 Å². The van der Waals surface area contributed by atoms with Gasteiger partial charge >= 0.3 is 0 Å². The smallest absolute Gasteiger partial charge is 0.271 e. The second-order valence-electron chi connectivity index (χ2n) is 6.33. The Morgan fingerprint density at radius 3 is 2.79 bits per heavy atom. The van der Waals surface area contributed by atoms with Crippen LogP contribution in [-0.2, 0) is 16.2 Å². The molecule has 1 amide bonds. The van der Waals surface area contributed by atoms with Gasteiger partial charge in [0.05, 0.1) is 12.3 Å². The minimum Gasteiger partial charge on any atom is -0.382 e. The highest BCUT2D eigenvalue weighted by molar-refractivity contribution is 6.35. The Kier molecular flexibility index (Phi) is 5.46. The summed E-state index contributed by atoms with van der Waals surface area (Å²) in [7, 11) is 0. The van der Waals surface area contributed by atoms with Gasteiger partial charge in [-0.25, -0.2) is 14.1 Å². The summed E-state index contributed by atoms with van der Waals surface area (Å²) >= 11 is 12.1. The van der Waals surface area contributed by atoms with E-state index in [-0.39, 0.29) is 18.2 Å². The van der Waals surface area contributed by atoms with Gasteiger partial charge in [-0.3, -0.25) is 10.1 Å². The molecule has 2 heterocycles. The Morgan fingerprint density at radius 1 is 1.24 bits per heavy atom. The molecule has 1 aromatic heterocycles. The lowest BCUT2D eigenvalue weighted by atomic mass is 10.0. The molecule has 1 unspecified atom stereocenters. The maximum absolute atomic E-state index is 13.0. The highest BCUT2D eigenvalue weighted by Crippen LogP contribution is 2.22. The molecule has 1 aliphatic rings. The van der Waals surface area contributed by atoms with E-state index in [2.05, 4.69) is 20.6 Å². The zero-order chi connectivity index (χ0) is 20.4. The van der Waals surface area contributed by atoms with Crippen LogP contribution in [0.15, 0.2) is 53.9 Å². The number of oxime groups is 1. The molecule has 2 aromatic carbocycles. The maximum atomic E-state index is 13.0. The first-order valence-corrected chi connectivity index (χ1v) is 9.36. The number of nitrogens with one attached hydrogen (secondary N) is 1. The lowest BCUT2D eigenvalue weighted by molar-refractivity contribution is -0.125. The van der Waals surface area contributed by atoms with Gasteiger partial charge in [0.15, 0.2) is 0 Å². The summed E-state index contributed by atoms with van der Waals surface area (Å²) in [4.78, 5) is 21.7. The van der Waals surface area contributed by atoms with Crippen LogP contribution in [0.1, 0.15) is 17.5 Å². The normalized spacial score (nSPS) is 15.7. The number of nitrogens with zero attached hydrogens (tertiary/aromatic N) is 4. The van der Waals surface area contributed by atoms with Gasteiger partial charge in [-0.2, -0.15) is 0 Å². The van der Waals surface area contributed by atoms with Crippen LogP contribution in [0.2, 0.25) is 10.0 Å². The summed E-state index contributed by atoms with van der Waals surface area (Å²) in [5.74, 6) is -0.629. The number of aromatic nitrogens is 3. The van der Waals surface area contributed by atoms with Crippen molar-refractivity contribution in [2.24, 2.45) is 5.16 Å². The molecule has 3 aromatic rings. The van der Waals surface area contributed by atoms with Gasteiger partial charge in [-0.05, 0) is 35.4 Å². The number of rotatable bonds is 5. The molecule has 4 rings (SSSR count). The molecule has 0 bridgehead atoms. The van der Waals surface area contributed by atoms with Gasteiger partial charge in [0.25, 0.3) is 5.91 Å². The highest BCUT2D eigenvalue weighted by Gasteiger charge is 2.29. The van der Waals surface area contributed by atoms with Crippen molar-refractivity contribution in [2.45, 2.75) is 19.1 Å². The number of amides is 1. The van der Waals surface area contributed by atoms with E-state index in [0.29, 0.717) is 27.9 Å². The van der Waals surface area contributed by atoms with E-state index in [9.17, 15) is 9.18 Å². The Hall–Kier alpha value is -2.97. The predicted octanol–water partition coefficient (Wildman–Crippen LogP) is 3.90. The number of anilines is 1. The summed E-state index contributed by atoms with van der Waals surface area (Å²) in [6, 6.07) is 11.0. The molecule has 0 radical (unpaired) electrons. The molecule has 148 valence electrons. The van der Waals surface area contributed by atoms with E-state index in [1.165, 1.54) is 18.5 Å². The van der Waals surface area contributed by atoms with Crippen molar-refractivity contribution >= 4 is 40.8 Å². The van der Waals surface area contributed by atoms with E-state index in [4.69, 9.17) is 28.0 Å². The van der Waals surface area contributed by atoms with Gasteiger partial charge in [-0.1, -0.05) is 46.6 Å². The van der Waals surface area contributed by atoms with E-state index >= 15 is 0 Å². The Morgan fingerprint density at radius 2 is 2.03 bits per heavy atom. The fraction of sp³-hybridized carbons (Fsp3) is 0.158. The van der Waals surface area contributed by atoms with Gasteiger partial charge in [0.2, 0.25) is 12.1 Å². The predicted molar refractivity (Wildman–Crippen MR) is 107 cm³/mol. The zero-order valence-corrected chi connectivity index (χ0v) is 16.4. The van der Waals surface area contributed by atoms with E-state index in [1.54, 1.807) is 35.0 Å². The summed E-state index contributed by atoms with van der Waals surface area (Å²) in [6.45, 7) is 0.372. The molecule has 1 aliphatic heterocycles. The quantitative estimate of drug-likeness (QED) is 0.661. The number of hydrogen-bond donors (Lipinski definition) is 1. The lowest BCUT2D eigenvalue weighted by Gasteiger charge is -2.07. The standard InChI is InChI=1S/C19H14Cl2FN5O2/c20-13-4-1-12(15(21)7-13)9-27-10-23-19(25-27)24-18(28)17-8-16(26-29-17)11-2-5-14(22)6-3-11/h1-7,10,17H,8-9H2,(H,24,25,28).